The Balaban J connectivity index is 1.87. The van der Waals surface area contributed by atoms with Crippen LogP contribution in [0.15, 0.2) is 42.5 Å². The zero-order chi connectivity index (χ0) is 17.8. The number of hydrogen-bond donors (Lipinski definition) is 2. The van der Waals surface area contributed by atoms with Crippen LogP contribution in [0.2, 0.25) is 0 Å². The van der Waals surface area contributed by atoms with E-state index in [1.54, 1.807) is 25.3 Å². The maximum atomic E-state index is 13.0. The summed E-state index contributed by atoms with van der Waals surface area (Å²) in [5.41, 5.74) is 7.69. The smallest absolute Gasteiger partial charge is 0.181 e. The molecule has 0 saturated heterocycles. The molecule has 25 heavy (non-hydrogen) atoms. The second-order valence-electron chi connectivity index (χ2n) is 5.37. The van der Waals surface area contributed by atoms with Crippen molar-refractivity contribution in [2.45, 2.75) is 13.0 Å². The first-order chi connectivity index (χ1) is 12.1. The van der Waals surface area contributed by atoms with Crippen molar-refractivity contribution in [1.82, 2.24) is 15.2 Å². The van der Waals surface area contributed by atoms with Crippen LogP contribution in [0.4, 0.5) is 4.39 Å². The Morgan fingerprint density at radius 2 is 1.92 bits per heavy atom. The predicted octanol–water partition coefficient (Wildman–Crippen LogP) is 3.07. The summed E-state index contributed by atoms with van der Waals surface area (Å²) >= 11 is 0. The number of aromatic amines is 1. The second kappa shape index (κ2) is 7.31. The first kappa shape index (κ1) is 16.9. The molecule has 0 saturated carbocycles. The van der Waals surface area contributed by atoms with Crippen LogP contribution < -0.4 is 15.2 Å². The van der Waals surface area contributed by atoms with Crippen LogP contribution in [-0.2, 0) is 0 Å². The van der Waals surface area contributed by atoms with Gasteiger partial charge in [0.2, 0.25) is 0 Å². The van der Waals surface area contributed by atoms with Gasteiger partial charge in [0.25, 0.3) is 0 Å². The van der Waals surface area contributed by atoms with Crippen LogP contribution in [0.1, 0.15) is 24.4 Å². The van der Waals surface area contributed by atoms with Gasteiger partial charge in [0.15, 0.2) is 17.3 Å². The summed E-state index contributed by atoms with van der Waals surface area (Å²) in [6.07, 6.45) is 0. The summed E-state index contributed by atoms with van der Waals surface area (Å²) < 4.78 is 23.9. The molecule has 1 heterocycles. The van der Waals surface area contributed by atoms with Crippen molar-refractivity contribution < 1.29 is 13.9 Å². The number of hydrogen-bond acceptors (Lipinski definition) is 5. The van der Waals surface area contributed by atoms with Crippen molar-refractivity contribution in [3.8, 4) is 22.9 Å². The average molecular weight is 342 g/mol. The summed E-state index contributed by atoms with van der Waals surface area (Å²) in [5, 5.41) is 7.06. The Morgan fingerprint density at radius 1 is 1.16 bits per heavy atom. The van der Waals surface area contributed by atoms with Gasteiger partial charge in [-0.1, -0.05) is 12.1 Å². The third-order valence-corrected chi connectivity index (χ3v) is 3.75. The molecule has 0 unspecified atom stereocenters. The number of nitrogens with zero attached hydrogens (tertiary/aromatic N) is 2. The molecular weight excluding hydrogens is 323 g/mol. The van der Waals surface area contributed by atoms with Gasteiger partial charge in [0, 0.05) is 5.56 Å². The molecule has 130 valence electrons. The third-order valence-electron chi connectivity index (χ3n) is 3.75. The molecule has 0 fully saturated rings. The number of aromatic nitrogens is 3. The molecular formula is C18H19FN4O2. The van der Waals surface area contributed by atoms with Gasteiger partial charge in [-0.15, -0.1) is 0 Å². The van der Waals surface area contributed by atoms with Crippen LogP contribution in [-0.4, -0.2) is 28.9 Å². The molecule has 3 N–H and O–H groups in total. The lowest BCUT2D eigenvalue weighted by Gasteiger charge is -2.10. The number of rotatable bonds is 6. The number of benzene rings is 2. The second-order valence-corrected chi connectivity index (χ2v) is 5.37. The summed E-state index contributed by atoms with van der Waals surface area (Å²) in [5.74, 6) is 1.94. The highest BCUT2D eigenvalue weighted by Gasteiger charge is 2.16. The Bertz CT molecular complexity index is 849. The summed E-state index contributed by atoms with van der Waals surface area (Å²) in [6.45, 7) is 2.46. The maximum Gasteiger partial charge on any atom is 0.181 e. The molecule has 3 aromatic rings. The van der Waals surface area contributed by atoms with Gasteiger partial charge in [-0.05, 0) is 42.8 Å². The van der Waals surface area contributed by atoms with Crippen molar-refractivity contribution in [3.05, 3.63) is 59.7 Å². The molecule has 7 heteroatoms. The molecule has 1 aromatic heterocycles. The van der Waals surface area contributed by atoms with Crippen molar-refractivity contribution >= 4 is 0 Å². The lowest BCUT2D eigenvalue weighted by atomic mass is 10.1. The number of halogens is 1. The highest BCUT2D eigenvalue weighted by Crippen LogP contribution is 2.31. The van der Waals surface area contributed by atoms with E-state index < -0.39 is 6.04 Å². The zero-order valence-electron chi connectivity index (χ0n) is 14.0. The Labute approximate surface area is 144 Å². The van der Waals surface area contributed by atoms with Crippen LogP contribution >= 0.6 is 0 Å². The van der Waals surface area contributed by atoms with Crippen LogP contribution in [0.3, 0.4) is 0 Å². The normalized spacial score (nSPS) is 12.0. The van der Waals surface area contributed by atoms with Gasteiger partial charge >= 0.3 is 0 Å². The van der Waals surface area contributed by atoms with Crippen LogP contribution in [0.25, 0.3) is 11.4 Å². The van der Waals surface area contributed by atoms with Gasteiger partial charge in [-0.25, -0.2) is 9.37 Å². The van der Waals surface area contributed by atoms with E-state index in [1.165, 1.54) is 12.1 Å². The van der Waals surface area contributed by atoms with Crippen LogP contribution in [0.5, 0.6) is 11.5 Å². The molecule has 6 nitrogen and oxygen atoms in total. The summed E-state index contributed by atoms with van der Waals surface area (Å²) in [6, 6.07) is 10.9. The van der Waals surface area contributed by atoms with Crippen molar-refractivity contribution in [3.63, 3.8) is 0 Å². The molecule has 0 amide bonds. The van der Waals surface area contributed by atoms with Crippen molar-refractivity contribution in [2.75, 3.05) is 13.7 Å². The summed E-state index contributed by atoms with van der Waals surface area (Å²) in [7, 11) is 1.58. The minimum Gasteiger partial charge on any atom is -0.493 e. The van der Waals surface area contributed by atoms with E-state index in [1.807, 2.05) is 19.1 Å². The average Bonchev–Trinajstić information content (AvgIpc) is 3.12. The standard InChI is InChI=1S/C18H19FN4O2/c1-3-25-14-9-6-12(10-15(14)24-2)17-21-18(23-22-17)16(20)11-4-7-13(19)8-5-11/h4-10,16H,3,20H2,1-2H3,(H,21,22,23)/t16-/m0/s1. The third kappa shape index (κ3) is 3.61. The topological polar surface area (TPSA) is 86.0 Å². The highest BCUT2D eigenvalue weighted by molar-refractivity contribution is 5.61. The summed E-state index contributed by atoms with van der Waals surface area (Å²) in [4.78, 5) is 4.45. The molecule has 2 aromatic carbocycles. The van der Waals surface area contributed by atoms with Gasteiger partial charge in [-0.3, -0.25) is 5.10 Å². The SMILES string of the molecule is CCOc1ccc(-c2n[nH]c([C@@H](N)c3ccc(F)cc3)n2)cc1OC. The molecule has 1 atom stereocenters. The number of ether oxygens (including phenoxy) is 2. The zero-order valence-corrected chi connectivity index (χ0v) is 14.0. The quantitative estimate of drug-likeness (QED) is 0.719. The maximum absolute atomic E-state index is 13.0. The van der Waals surface area contributed by atoms with E-state index in [0.717, 1.165) is 11.1 Å². The number of methoxy groups -OCH3 is 1. The van der Waals surface area contributed by atoms with E-state index in [-0.39, 0.29) is 5.82 Å². The van der Waals surface area contributed by atoms with E-state index in [9.17, 15) is 4.39 Å². The van der Waals surface area contributed by atoms with Gasteiger partial charge < -0.3 is 15.2 Å². The van der Waals surface area contributed by atoms with Crippen LogP contribution in [0, 0.1) is 5.82 Å². The minimum absolute atomic E-state index is 0.310. The van der Waals surface area contributed by atoms with E-state index in [4.69, 9.17) is 15.2 Å². The van der Waals surface area contributed by atoms with Crippen molar-refractivity contribution in [2.24, 2.45) is 5.73 Å². The van der Waals surface area contributed by atoms with Gasteiger partial charge in [0.05, 0.1) is 19.8 Å². The number of nitrogens with two attached hydrogens (primary N) is 1. The molecule has 0 aliphatic heterocycles. The highest BCUT2D eigenvalue weighted by atomic mass is 19.1. The fraction of sp³-hybridized carbons (Fsp3) is 0.222. The minimum atomic E-state index is -0.522. The number of H-pyrrole nitrogens is 1. The largest absolute Gasteiger partial charge is 0.493 e. The lowest BCUT2D eigenvalue weighted by molar-refractivity contribution is 0.311. The Morgan fingerprint density at radius 3 is 2.60 bits per heavy atom. The molecule has 0 aliphatic rings. The molecule has 0 bridgehead atoms. The fourth-order valence-corrected chi connectivity index (χ4v) is 2.45. The number of nitrogens with one attached hydrogen (secondary N) is 1. The molecule has 0 spiro atoms. The first-order valence-corrected chi connectivity index (χ1v) is 7.87. The van der Waals surface area contributed by atoms with E-state index >= 15 is 0 Å². The fourth-order valence-electron chi connectivity index (χ4n) is 2.45. The molecule has 0 radical (unpaired) electrons. The van der Waals surface area contributed by atoms with E-state index in [0.29, 0.717) is 29.8 Å². The van der Waals surface area contributed by atoms with Gasteiger partial charge in [-0.2, -0.15) is 5.10 Å². The van der Waals surface area contributed by atoms with Gasteiger partial charge in [0.1, 0.15) is 11.6 Å². The Hall–Kier alpha value is -2.93. The molecule has 3 rings (SSSR count). The first-order valence-electron chi connectivity index (χ1n) is 7.87. The molecule has 0 aliphatic carbocycles. The van der Waals surface area contributed by atoms with E-state index in [2.05, 4.69) is 15.2 Å². The lowest BCUT2D eigenvalue weighted by Crippen LogP contribution is -2.13. The Kier molecular flexibility index (Phi) is 4.95. The predicted molar refractivity (Wildman–Crippen MR) is 92.0 cm³/mol. The monoisotopic (exact) mass is 342 g/mol. The van der Waals surface area contributed by atoms with Crippen molar-refractivity contribution in [1.29, 1.82) is 0 Å².